The summed E-state index contributed by atoms with van der Waals surface area (Å²) >= 11 is 5.87. The molecule has 20 heavy (non-hydrogen) atoms. The first kappa shape index (κ1) is 15.6. The van der Waals surface area contributed by atoms with E-state index in [1.807, 2.05) is 0 Å². The first-order valence-corrected chi connectivity index (χ1v) is 8.68. The van der Waals surface area contributed by atoms with Crippen LogP contribution in [0.5, 0.6) is 0 Å². The maximum Gasteiger partial charge on any atom is 0.264 e. The standard InChI is InChI=1S/C12H18ClN3O3S/c1-20(17,18)19-8-10(9-2-4-14-5-3-9)11-6-15-7-12(13)16-11/h6-7,9-10,14H,2-5,8H2,1H3/t10-/m0/s1. The molecule has 1 atom stereocenters. The van der Waals surface area contributed by atoms with Crippen molar-refractivity contribution in [3.8, 4) is 0 Å². The molecule has 1 fully saturated rings. The zero-order valence-electron chi connectivity index (χ0n) is 11.3. The first-order chi connectivity index (χ1) is 9.46. The molecule has 1 aliphatic heterocycles. The summed E-state index contributed by atoms with van der Waals surface area (Å²) < 4.78 is 27.4. The van der Waals surface area contributed by atoms with Crippen LogP contribution in [-0.4, -0.2) is 44.3 Å². The molecule has 8 heteroatoms. The average Bonchev–Trinajstić information content (AvgIpc) is 2.39. The second-order valence-corrected chi connectivity index (χ2v) is 6.98. The first-order valence-electron chi connectivity index (χ1n) is 6.48. The van der Waals surface area contributed by atoms with Crippen LogP contribution in [0, 0.1) is 5.92 Å². The Bertz CT molecular complexity index is 547. The highest BCUT2D eigenvalue weighted by atomic mass is 35.5. The molecule has 0 bridgehead atoms. The van der Waals surface area contributed by atoms with E-state index in [1.165, 1.54) is 6.20 Å². The molecule has 2 rings (SSSR count). The highest BCUT2D eigenvalue weighted by Crippen LogP contribution is 2.30. The number of halogens is 1. The summed E-state index contributed by atoms with van der Waals surface area (Å²) in [7, 11) is -3.47. The van der Waals surface area contributed by atoms with Gasteiger partial charge in [0.05, 0.1) is 24.8 Å². The Kier molecular flexibility index (Phi) is 5.31. The molecule has 2 heterocycles. The van der Waals surface area contributed by atoms with Crippen LogP contribution in [0.2, 0.25) is 5.15 Å². The minimum absolute atomic E-state index is 0.0819. The van der Waals surface area contributed by atoms with Crippen LogP contribution < -0.4 is 5.32 Å². The minimum Gasteiger partial charge on any atom is -0.317 e. The van der Waals surface area contributed by atoms with Crippen LogP contribution in [0.4, 0.5) is 0 Å². The van der Waals surface area contributed by atoms with Crippen molar-refractivity contribution in [2.24, 2.45) is 5.92 Å². The molecule has 0 saturated carbocycles. The quantitative estimate of drug-likeness (QED) is 0.821. The summed E-state index contributed by atoms with van der Waals surface area (Å²) in [5.41, 5.74) is 0.688. The smallest absolute Gasteiger partial charge is 0.264 e. The third kappa shape index (κ3) is 4.66. The summed E-state index contributed by atoms with van der Waals surface area (Å²) in [4.78, 5) is 8.29. The van der Waals surface area contributed by atoms with Gasteiger partial charge in [-0.05, 0) is 31.8 Å². The normalized spacial score (nSPS) is 18.9. The van der Waals surface area contributed by atoms with Crippen molar-refractivity contribution >= 4 is 21.7 Å². The number of rotatable bonds is 5. The summed E-state index contributed by atoms with van der Waals surface area (Å²) in [6, 6.07) is 0. The van der Waals surface area contributed by atoms with Gasteiger partial charge in [-0.15, -0.1) is 0 Å². The molecule has 0 aliphatic carbocycles. The van der Waals surface area contributed by atoms with Crippen LogP contribution in [0.1, 0.15) is 24.5 Å². The van der Waals surface area contributed by atoms with E-state index < -0.39 is 10.1 Å². The van der Waals surface area contributed by atoms with E-state index in [9.17, 15) is 8.42 Å². The molecular formula is C12H18ClN3O3S. The van der Waals surface area contributed by atoms with Gasteiger partial charge in [0.2, 0.25) is 0 Å². The summed E-state index contributed by atoms with van der Waals surface area (Å²) in [6.45, 7) is 1.90. The minimum atomic E-state index is -3.47. The lowest BCUT2D eigenvalue weighted by atomic mass is 9.83. The molecule has 1 aliphatic rings. The van der Waals surface area contributed by atoms with Crippen LogP contribution in [0.15, 0.2) is 12.4 Å². The maximum atomic E-state index is 11.2. The van der Waals surface area contributed by atoms with E-state index in [0.717, 1.165) is 32.2 Å². The van der Waals surface area contributed by atoms with Crippen LogP contribution >= 0.6 is 11.6 Å². The fraction of sp³-hybridized carbons (Fsp3) is 0.667. The fourth-order valence-corrected chi connectivity index (χ4v) is 2.99. The van der Waals surface area contributed by atoms with Crippen molar-refractivity contribution in [3.05, 3.63) is 23.2 Å². The van der Waals surface area contributed by atoms with Crippen molar-refractivity contribution in [1.29, 1.82) is 0 Å². The molecule has 6 nitrogen and oxygen atoms in total. The molecule has 0 unspecified atom stereocenters. The second kappa shape index (κ2) is 6.80. The Morgan fingerprint density at radius 2 is 2.15 bits per heavy atom. The lowest BCUT2D eigenvalue weighted by Gasteiger charge is -2.29. The van der Waals surface area contributed by atoms with Crippen molar-refractivity contribution in [3.63, 3.8) is 0 Å². The molecule has 0 radical (unpaired) electrons. The van der Waals surface area contributed by atoms with E-state index in [-0.39, 0.29) is 12.5 Å². The Morgan fingerprint density at radius 3 is 2.75 bits per heavy atom. The number of aromatic nitrogens is 2. The Morgan fingerprint density at radius 1 is 1.45 bits per heavy atom. The fourth-order valence-electron chi connectivity index (χ4n) is 2.44. The molecule has 0 spiro atoms. The summed E-state index contributed by atoms with van der Waals surface area (Å²) in [5, 5.41) is 3.59. The van der Waals surface area contributed by atoms with Crippen molar-refractivity contribution < 1.29 is 12.6 Å². The second-order valence-electron chi connectivity index (χ2n) is 4.95. The van der Waals surface area contributed by atoms with Crippen molar-refractivity contribution in [2.75, 3.05) is 26.0 Å². The van der Waals surface area contributed by atoms with Gasteiger partial charge in [0, 0.05) is 12.1 Å². The third-order valence-electron chi connectivity index (χ3n) is 3.42. The Balaban J connectivity index is 2.18. The zero-order valence-corrected chi connectivity index (χ0v) is 12.8. The number of piperidine rings is 1. The van der Waals surface area contributed by atoms with E-state index in [0.29, 0.717) is 16.8 Å². The van der Waals surface area contributed by atoms with Gasteiger partial charge in [0.1, 0.15) is 5.15 Å². The molecular weight excluding hydrogens is 302 g/mol. The topological polar surface area (TPSA) is 81.2 Å². The van der Waals surface area contributed by atoms with Gasteiger partial charge in [-0.1, -0.05) is 11.6 Å². The average molecular weight is 320 g/mol. The van der Waals surface area contributed by atoms with Gasteiger partial charge in [-0.3, -0.25) is 9.17 Å². The number of nitrogens with zero attached hydrogens (tertiary/aromatic N) is 2. The monoisotopic (exact) mass is 319 g/mol. The lowest BCUT2D eigenvalue weighted by molar-refractivity contribution is 0.220. The van der Waals surface area contributed by atoms with E-state index in [1.54, 1.807) is 6.20 Å². The van der Waals surface area contributed by atoms with E-state index >= 15 is 0 Å². The van der Waals surface area contributed by atoms with Gasteiger partial charge >= 0.3 is 0 Å². The van der Waals surface area contributed by atoms with Gasteiger partial charge in [-0.2, -0.15) is 8.42 Å². The molecule has 1 saturated heterocycles. The van der Waals surface area contributed by atoms with E-state index in [2.05, 4.69) is 15.3 Å². The predicted octanol–water partition coefficient (Wildman–Crippen LogP) is 1.19. The van der Waals surface area contributed by atoms with Crippen LogP contribution in [-0.2, 0) is 14.3 Å². The molecule has 112 valence electrons. The molecule has 1 aromatic heterocycles. The Hall–Kier alpha value is -0.760. The summed E-state index contributed by atoms with van der Waals surface area (Å²) in [6.07, 6.45) is 6.04. The molecule has 0 amide bonds. The van der Waals surface area contributed by atoms with Crippen LogP contribution in [0.25, 0.3) is 0 Å². The lowest BCUT2D eigenvalue weighted by Crippen LogP contribution is -2.33. The highest BCUT2D eigenvalue weighted by molar-refractivity contribution is 7.85. The van der Waals surface area contributed by atoms with Gasteiger partial charge in [-0.25, -0.2) is 4.98 Å². The van der Waals surface area contributed by atoms with Crippen molar-refractivity contribution in [2.45, 2.75) is 18.8 Å². The van der Waals surface area contributed by atoms with Crippen LogP contribution in [0.3, 0.4) is 0 Å². The van der Waals surface area contributed by atoms with Gasteiger partial charge in [0.25, 0.3) is 10.1 Å². The number of nitrogens with one attached hydrogen (secondary N) is 1. The largest absolute Gasteiger partial charge is 0.317 e. The van der Waals surface area contributed by atoms with Crippen molar-refractivity contribution in [1.82, 2.24) is 15.3 Å². The SMILES string of the molecule is CS(=O)(=O)OC[C@H](c1cncc(Cl)n1)C1CCNCC1. The third-order valence-corrected chi connectivity index (χ3v) is 4.16. The number of hydrogen-bond acceptors (Lipinski definition) is 6. The van der Waals surface area contributed by atoms with Gasteiger partial charge < -0.3 is 5.32 Å². The van der Waals surface area contributed by atoms with Gasteiger partial charge in [0.15, 0.2) is 0 Å². The molecule has 0 aromatic carbocycles. The summed E-state index contributed by atoms with van der Waals surface area (Å²) in [5.74, 6) is 0.198. The molecule has 1 aromatic rings. The predicted molar refractivity (Wildman–Crippen MR) is 76.2 cm³/mol. The maximum absolute atomic E-state index is 11.2. The molecule has 1 N–H and O–H groups in total. The highest BCUT2D eigenvalue weighted by Gasteiger charge is 2.28. The zero-order chi connectivity index (χ0) is 14.6. The Labute approximate surface area is 124 Å². The number of hydrogen-bond donors (Lipinski definition) is 1. The van der Waals surface area contributed by atoms with E-state index in [4.69, 9.17) is 15.8 Å².